The molecule has 9 heteroatoms. The number of carbonyl (C=O) groups excluding carboxylic acids is 2. The summed E-state index contributed by atoms with van der Waals surface area (Å²) in [5, 5.41) is 3.59. The van der Waals surface area contributed by atoms with E-state index in [1.54, 1.807) is 30.3 Å². The Morgan fingerprint density at radius 2 is 1.61 bits per heavy atom. The van der Waals surface area contributed by atoms with E-state index in [1.165, 1.54) is 4.90 Å². The second-order valence-corrected chi connectivity index (χ2v) is 9.74. The van der Waals surface area contributed by atoms with E-state index in [0.29, 0.717) is 30.3 Å². The Morgan fingerprint density at radius 3 is 2.27 bits per heavy atom. The fraction of sp³-hybridized carbons (Fsp3) is 0.0833. The van der Waals surface area contributed by atoms with Crippen molar-refractivity contribution in [2.75, 3.05) is 0 Å². The molecule has 1 aliphatic rings. The van der Waals surface area contributed by atoms with E-state index < -0.39 is 6.03 Å². The number of halogens is 4. The van der Waals surface area contributed by atoms with Crippen molar-refractivity contribution >= 4 is 73.1 Å². The number of amides is 3. The average Bonchev–Trinajstić information content (AvgIpc) is 3.03. The summed E-state index contributed by atoms with van der Waals surface area (Å²) in [5.41, 5.74) is 2.66. The number of nitrogens with one attached hydrogen (secondary N) is 1. The van der Waals surface area contributed by atoms with Gasteiger partial charge in [-0.15, -0.1) is 0 Å². The number of ether oxygens (including phenoxy) is 1. The normalized spacial score (nSPS) is 14.7. The number of rotatable bonds is 6. The summed E-state index contributed by atoms with van der Waals surface area (Å²) < 4.78 is 7.30. The number of imide groups is 1. The summed E-state index contributed by atoms with van der Waals surface area (Å²) in [6, 6.07) is 17.8. The number of nitrogens with zero attached hydrogens (tertiary/aromatic N) is 1. The fourth-order valence-corrected chi connectivity index (χ4v) is 5.00. The van der Waals surface area contributed by atoms with Crippen LogP contribution in [0.2, 0.25) is 10.0 Å². The van der Waals surface area contributed by atoms with Gasteiger partial charge in [0.1, 0.15) is 18.1 Å². The molecule has 168 valence electrons. The number of hydrogen-bond donors (Lipinski definition) is 1. The van der Waals surface area contributed by atoms with Crippen LogP contribution < -0.4 is 10.1 Å². The van der Waals surface area contributed by atoms with Crippen molar-refractivity contribution in [2.45, 2.75) is 13.2 Å². The van der Waals surface area contributed by atoms with Crippen molar-refractivity contribution < 1.29 is 14.3 Å². The first-order chi connectivity index (χ1) is 15.8. The predicted octanol–water partition coefficient (Wildman–Crippen LogP) is 7.19. The van der Waals surface area contributed by atoms with Gasteiger partial charge in [0.05, 0.1) is 25.5 Å². The molecular formula is C24H16Br2Cl2N2O3. The first kappa shape index (κ1) is 23.8. The molecule has 5 nitrogen and oxygen atoms in total. The quantitative estimate of drug-likeness (QED) is 0.237. The molecule has 0 saturated carbocycles. The Kier molecular flexibility index (Phi) is 7.44. The van der Waals surface area contributed by atoms with E-state index in [4.69, 9.17) is 27.9 Å². The molecule has 1 fully saturated rings. The standard InChI is InChI=1S/C24H16Br2Cl2N2O3/c25-17-8-16(9-18(26)22(17)33-13-15-6-7-19(27)20(28)10-15)11-21-23(31)30(24(32)29-21)12-14-4-2-1-3-5-14/h1-11H,12-13H2,(H,29,32)/b21-11+. The third kappa shape index (κ3) is 5.61. The maximum atomic E-state index is 12.8. The number of hydrogen-bond acceptors (Lipinski definition) is 3. The Balaban J connectivity index is 1.50. The molecule has 3 amide bonds. The van der Waals surface area contributed by atoms with Crippen LogP contribution in [0.4, 0.5) is 4.79 Å². The van der Waals surface area contributed by atoms with Crippen LogP contribution in [0.15, 0.2) is 75.3 Å². The summed E-state index contributed by atoms with van der Waals surface area (Å²) in [5.74, 6) is 0.215. The van der Waals surface area contributed by atoms with Gasteiger partial charge in [0.25, 0.3) is 5.91 Å². The zero-order chi connectivity index (χ0) is 23.5. The molecule has 33 heavy (non-hydrogen) atoms. The highest BCUT2D eigenvalue weighted by molar-refractivity contribution is 9.11. The van der Waals surface area contributed by atoms with Crippen LogP contribution in [0.5, 0.6) is 5.75 Å². The van der Waals surface area contributed by atoms with Gasteiger partial charge in [-0.2, -0.15) is 0 Å². The second-order valence-electron chi connectivity index (χ2n) is 7.22. The first-order valence-electron chi connectivity index (χ1n) is 9.76. The summed E-state index contributed by atoms with van der Waals surface area (Å²) in [6.07, 6.45) is 1.63. The molecule has 0 aromatic heterocycles. The Morgan fingerprint density at radius 1 is 0.909 bits per heavy atom. The van der Waals surface area contributed by atoms with Crippen molar-refractivity contribution in [3.05, 3.63) is 102 Å². The second kappa shape index (κ2) is 10.3. The lowest BCUT2D eigenvalue weighted by Gasteiger charge is -2.12. The summed E-state index contributed by atoms with van der Waals surface area (Å²) in [6.45, 7) is 0.495. The monoisotopic (exact) mass is 608 g/mol. The van der Waals surface area contributed by atoms with Crippen molar-refractivity contribution in [3.63, 3.8) is 0 Å². The third-order valence-electron chi connectivity index (χ3n) is 4.84. The predicted molar refractivity (Wildman–Crippen MR) is 136 cm³/mol. The molecule has 0 atom stereocenters. The van der Waals surface area contributed by atoms with Gasteiger partial charge in [-0.25, -0.2) is 4.79 Å². The minimum atomic E-state index is -0.449. The van der Waals surface area contributed by atoms with Crippen LogP contribution in [-0.2, 0) is 17.9 Å². The molecule has 1 N–H and O–H groups in total. The lowest BCUT2D eigenvalue weighted by atomic mass is 10.1. The minimum Gasteiger partial charge on any atom is -0.487 e. The van der Waals surface area contributed by atoms with E-state index in [9.17, 15) is 9.59 Å². The minimum absolute atomic E-state index is 0.206. The summed E-state index contributed by atoms with van der Waals surface area (Å²) in [4.78, 5) is 26.3. The molecular weight excluding hydrogens is 595 g/mol. The van der Waals surface area contributed by atoms with Crippen LogP contribution in [0.25, 0.3) is 6.08 Å². The molecule has 1 aliphatic heterocycles. The van der Waals surface area contributed by atoms with Gasteiger partial charge < -0.3 is 10.1 Å². The summed E-state index contributed by atoms with van der Waals surface area (Å²) >= 11 is 19.1. The summed E-state index contributed by atoms with van der Waals surface area (Å²) in [7, 11) is 0. The smallest absolute Gasteiger partial charge is 0.329 e. The van der Waals surface area contributed by atoms with Crippen LogP contribution in [0.3, 0.4) is 0 Å². The number of benzene rings is 3. The van der Waals surface area contributed by atoms with E-state index >= 15 is 0 Å². The van der Waals surface area contributed by atoms with Crippen LogP contribution in [-0.4, -0.2) is 16.8 Å². The molecule has 0 spiro atoms. The molecule has 3 aromatic carbocycles. The molecule has 1 saturated heterocycles. The molecule has 4 rings (SSSR count). The lowest BCUT2D eigenvalue weighted by molar-refractivity contribution is -0.123. The Labute approximate surface area is 217 Å². The van der Waals surface area contributed by atoms with E-state index in [-0.39, 0.29) is 24.8 Å². The van der Waals surface area contributed by atoms with Crippen LogP contribution in [0, 0.1) is 0 Å². The van der Waals surface area contributed by atoms with Gasteiger partial charge in [0.15, 0.2) is 0 Å². The Bertz CT molecular complexity index is 1240. The van der Waals surface area contributed by atoms with Gasteiger partial charge in [0, 0.05) is 0 Å². The lowest BCUT2D eigenvalue weighted by Crippen LogP contribution is -2.30. The van der Waals surface area contributed by atoms with Crippen molar-refractivity contribution in [1.82, 2.24) is 10.2 Å². The van der Waals surface area contributed by atoms with Crippen LogP contribution in [0.1, 0.15) is 16.7 Å². The molecule has 0 unspecified atom stereocenters. The maximum Gasteiger partial charge on any atom is 0.329 e. The van der Waals surface area contributed by atoms with Gasteiger partial charge in [-0.1, -0.05) is 59.6 Å². The zero-order valence-electron chi connectivity index (χ0n) is 16.9. The van der Waals surface area contributed by atoms with Gasteiger partial charge >= 0.3 is 6.03 Å². The van der Waals surface area contributed by atoms with E-state index in [0.717, 1.165) is 11.1 Å². The van der Waals surface area contributed by atoms with E-state index in [2.05, 4.69) is 37.2 Å². The van der Waals surface area contributed by atoms with Crippen molar-refractivity contribution in [1.29, 1.82) is 0 Å². The molecule has 1 heterocycles. The van der Waals surface area contributed by atoms with Crippen LogP contribution >= 0.6 is 55.1 Å². The topological polar surface area (TPSA) is 58.6 Å². The first-order valence-corrected chi connectivity index (χ1v) is 12.1. The Hall–Kier alpha value is -2.32. The highest BCUT2D eigenvalue weighted by Crippen LogP contribution is 2.36. The highest BCUT2D eigenvalue weighted by atomic mass is 79.9. The van der Waals surface area contributed by atoms with Gasteiger partial charge in [0.2, 0.25) is 0 Å². The molecule has 0 aliphatic carbocycles. The third-order valence-corrected chi connectivity index (χ3v) is 6.76. The van der Waals surface area contributed by atoms with Gasteiger partial charge in [-0.05, 0) is 78.9 Å². The highest BCUT2D eigenvalue weighted by Gasteiger charge is 2.33. The largest absolute Gasteiger partial charge is 0.487 e. The SMILES string of the molecule is O=C1N/C(=C/c2cc(Br)c(OCc3ccc(Cl)c(Cl)c3)c(Br)c2)C(=O)N1Cc1ccccc1. The maximum absolute atomic E-state index is 12.8. The van der Waals surface area contributed by atoms with Gasteiger partial charge in [-0.3, -0.25) is 9.69 Å². The molecule has 0 bridgehead atoms. The number of urea groups is 1. The van der Waals surface area contributed by atoms with Crippen molar-refractivity contribution in [3.8, 4) is 5.75 Å². The van der Waals surface area contributed by atoms with E-state index in [1.807, 2.05) is 36.4 Å². The average molecular weight is 611 g/mol. The number of carbonyl (C=O) groups is 2. The zero-order valence-corrected chi connectivity index (χ0v) is 21.6. The fourth-order valence-electron chi connectivity index (χ4n) is 3.23. The van der Waals surface area contributed by atoms with Crippen molar-refractivity contribution in [2.24, 2.45) is 0 Å². The molecule has 0 radical (unpaired) electrons. The molecule has 3 aromatic rings.